The summed E-state index contributed by atoms with van der Waals surface area (Å²) in [5, 5.41) is 0.906. The predicted molar refractivity (Wildman–Crippen MR) is 98.2 cm³/mol. The first-order valence-electron chi connectivity index (χ1n) is 7.57. The van der Waals surface area contributed by atoms with Crippen molar-refractivity contribution in [2.45, 2.75) is 17.7 Å². The predicted octanol–water partition coefficient (Wildman–Crippen LogP) is 4.53. The molecule has 24 heavy (non-hydrogen) atoms. The third-order valence-electron chi connectivity index (χ3n) is 3.87. The van der Waals surface area contributed by atoms with Crippen molar-refractivity contribution in [1.82, 2.24) is 4.31 Å². The molecule has 2 aromatic rings. The molecule has 2 aromatic carbocycles. The summed E-state index contributed by atoms with van der Waals surface area (Å²) >= 11 is 12.1. The highest BCUT2D eigenvalue weighted by atomic mass is 35.5. The maximum Gasteiger partial charge on any atom is 0.243 e. The van der Waals surface area contributed by atoms with Crippen LogP contribution in [-0.2, 0) is 10.0 Å². The van der Waals surface area contributed by atoms with Crippen LogP contribution in [0.4, 0.5) is 5.69 Å². The first kappa shape index (κ1) is 17.4. The molecule has 0 spiro atoms. The van der Waals surface area contributed by atoms with Gasteiger partial charge in [-0.2, -0.15) is 4.31 Å². The summed E-state index contributed by atoms with van der Waals surface area (Å²) in [6.45, 7) is 1.19. The van der Waals surface area contributed by atoms with Crippen molar-refractivity contribution < 1.29 is 8.42 Å². The van der Waals surface area contributed by atoms with E-state index in [1.807, 2.05) is 6.07 Å². The number of aliphatic imine (C=N–C) groups is 1. The molecule has 7 heteroatoms. The van der Waals surface area contributed by atoms with Gasteiger partial charge in [0.05, 0.1) is 20.6 Å². The van der Waals surface area contributed by atoms with E-state index in [0.29, 0.717) is 39.3 Å². The first-order valence-corrected chi connectivity index (χ1v) is 9.76. The zero-order chi connectivity index (χ0) is 17.2. The minimum atomic E-state index is -3.39. The molecule has 0 aromatic heterocycles. The molecule has 1 saturated heterocycles. The Morgan fingerprint density at radius 2 is 1.67 bits per heavy atom. The fourth-order valence-electron chi connectivity index (χ4n) is 2.55. The SMILES string of the molecule is O=S(=O)(c1ccc(N=Cc2cccc(Cl)c2Cl)cc1)N1CCCC1. The van der Waals surface area contributed by atoms with Gasteiger partial charge in [-0.3, -0.25) is 4.99 Å². The highest BCUT2D eigenvalue weighted by molar-refractivity contribution is 7.89. The average molecular weight is 383 g/mol. The van der Waals surface area contributed by atoms with Crippen molar-refractivity contribution in [2.24, 2.45) is 4.99 Å². The molecule has 0 unspecified atom stereocenters. The number of hydrogen-bond acceptors (Lipinski definition) is 3. The normalized spacial score (nSPS) is 16.1. The summed E-state index contributed by atoms with van der Waals surface area (Å²) in [6, 6.07) is 11.8. The van der Waals surface area contributed by atoms with Crippen LogP contribution in [0.1, 0.15) is 18.4 Å². The van der Waals surface area contributed by atoms with Gasteiger partial charge in [0.25, 0.3) is 0 Å². The van der Waals surface area contributed by atoms with E-state index in [1.54, 1.807) is 42.6 Å². The van der Waals surface area contributed by atoms with Crippen molar-refractivity contribution in [1.29, 1.82) is 0 Å². The summed E-state index contributed by atoms with van der Waals surface area (Å²) < 4.78 is 26.5. The van der Waals surface area contributed by atoms with Crippen molar-refractivity contribution in [3.8, 4) is 0 Å². The number of rotatable bonds is 4. The van der Waals surface area contributed by atoms with Crippen LogP contribution in [0.5, 0.6) is 0 Å². The van der Waals surface area contributed by atoms with Crippen LogP contribution in [0.3, 0.4) is 0 Å². The lowest BCUT2D eigenvalue weighted by atomic mass is 10.2. The van der Waals surface area contributed by atoms with E-state index in [1.165, 1.54) is 4.31 Å². The average Bonchev–Trinajstić information content (AvgIpc) is 3.12. The lowest BCUT2D eigenvalue weighted by Gasteiger charge is -2.15. The summed E-state index contributed by atoms with van der Waals surface area (Å²) in [6.07, 6.45) is 3.45. The van der Waals surface area contributed by atoms with Crippen LogP contribution in [0.25, 0.3) is 0 Å². The number of benzene rings is 2. The van der Waals surface area contributed by atoms with Crippen LogP contribution < -0.4 is 0 Å². The Morgan fingerprint density at radius 1 is 1.00 bits per heavy atom. The molecule has 0 amide bonds. The molecular formula is C17H16Cl2N2O2S. The molecule has 1 heterocycles. The number of halogens is 2. The standard InChI is InChI=1S/C17H16Cl2N2O2S/c18-16-5-3-4-13(17(16)19)12-20-14-6-8-15(9-7-14)24(22,23)21-10-1-2-11-21/h3-9,12H,1-2,10-11H2. The molecule has 1 fully saturated rings. The zero-order valence-electron chi connectivity index (χ0n) is 12.8. The van der Waals surface area contributed by atoms with Crippen molar-refractivity contribution >= 4 is 45.1 Å². The van der Waals surface area contributed by atoms with E-state index in [4.69, 9.17) is 23.2 Å². The van der Waals surface area contributed by atoms with Crippen LogP contribution >= 0.6 is 23.2 Å². The molecule has 1 aliphatic rings. The molecule has 0 saturated carbocycles. The van der Waals surface area contributed by atoms with Crippen LogP contribution in [-0.4, -0.2) is 32.0 Å². The molecule has 0 N–H and O–H groups in total. The lowest BCUT2D eigenvalue weighted by molar-refractivity contribution is 0.477. The van der Waals surface area contributed by atoms with Gasteiger partial charge in [-0.15, -0.1) is 0 Å². The molecular weight excluding hydrogens is 367 g/mol. The summed E-state index contributed by atoms with van der Waals surface area (Å²) in [5.74, 6) is 0. The zero-order valence-corrected chi connectivity index (χ0v) is 15.2. The van der Waals surface area contributed by atoms with Crippen LogP contribution in [0, 0.1) is 0 Å². The minimum absolute atomic E-state index is 0.295. The van der Waals surface area contributed by atoms with Gasteiger partial charge in [-0.1, -0.05) is 35.3 Å². The first-order chi connectivity index (χ1) is 11.5. The molecule has 3 rings (SSSR count). The Hall–Kier alpha value is -1.40. The summed E-state index contributed by atoms with van der Waals surface area (Å²) in [7, 11) is -3.39. The van der Waals surface area contributed by atoms with Crippen molar-refractivity contribution in [2.75, 3.05) is 13.1 Å². The summed E-state index contributed by atoms with van der Waals surface area (Å²) in [5.41, 5.74) is 1.35. The van der Waals surface area contributed by atoms with Gasteiger partial charge in [0, 0.05) is 24.9 Å². The molecule has 0 bridgehead atoms. The van der Waals surface area contributed by atoms with Gasteiger partial charge in [-0.25, -0.2) is 8.42 Å². The minimum Gasteiger partial charge on any atom is -0.256 e. The highest BCUT2D eigenvalue weighted by Gasteiger charge is 2.26. The molecule has 0 radical (unpaired) electrons. The molecule has 0 atom stereocenters. The molecule has 0 aliphatic carbocycles. The summed E-state index contributed by atoms with van der Waals surface area (Å²) in [4.78, 5) is 4.62. The Morgan fingerprint density at radius 3 is 2.33 bits per heavy atom. The number of sulfonamides is 1. The molecule has 1 aliphatic heterocycles. The fraction of sp³-hybridized carbons (Fsp3) is 0.235. The van der Waals surface area contributed by atoms with Gasteiger partial charge in [0.2, 0.25) is 10.0 Å². The van der Waals surface area contributed by atoms with Gasteiger partial charge in [-0.05, 0) is 43.2 Å². The lowest BCUT2D eigenvalue weighted by Crippen LogP contribution is -2.27. The van der Waals surface area contributed by atoms with E-state index in [0.717, 1.165) is 12.8 Å². The largest absolute Gasteiger partial charge is 0.256 e. The Bertz CT molecular complexity index is 859. The number of hydrogen-bond donors (Lipinski definition) is 0. The third-order valence-corrected chi connectivity index (χ3v) is 6.62. The second-order valence-corrected chi connectivity index (χ2v) is 8.23. The molecule has 126 valence electrons. The Kier molecular flexibility index (Phi) is 5.25. The maximum absolute atomic E-state index is 12.5. The van der Waals surface area contributed by atoms with Crippen LogP contribution in [0.15, 0.2) is 52.4 Å². The van der Waals surface area contributed by atoms with E-state index in [9.17, 15) is 8.42 Å². The van der Waals surface area contributed by atoms with E-state index >= 15 is 0 Å². The smallest absolute Gasteiger partial charge is 0.243 e. The second-order valence-electron chi connectivity index (χ2n) is 5.51. The Labute approximate surface area is 151 Å². The van der Waals surface area contributed by atoms with E-state index in [-0.39, 0.29) is 0 Å². The molecule has 4 nitrogen and oxygen atoms in total. The van der Waals surface area contributed by atoms with E-state index < -0.39 is 10.0 Å². The second kappa shape index (κ2) is 7.23. The Balaban J connectivity index is 1.80. The van der Waals surface area contributed by atoms with Gasteiger partial charge in [0.1, 0.15) is 0 Å². The fourth-order valence-corrected chi connectivity index (χ4v) is 4.42. The highest BCUT2D eigenvalue weighted by Crippen LogP contribution is 2.26. The van der Waals surface area contributed by atoms with Crippen LogP contribution in [0.2, 0.25) is 10.0 Å². The number of nitrogens with zero attached hydrogens (tertiary/aromatic N) is 2. The third kappa shape index (κ3) is 3.64. The van der Waals surface area contributed by atoms with Gasteiger partial charge in [0.15, 0.2) is 0 Å². The van der Waals surface area contributed by atoms with E-state index in [2.05, 4.69) is 4.99 Å². The van der Waals surface area contributed by atoms with Gasteiger partial charge < -0.3 is 0 Å². The van der Waals surface area contributed by atoms with Crippen molar-refractivity contribution in [3.05, 3.63) is 58.1 Å². The quantitative estimate of drug-likeness (QED) is 0.729. The maximum atomic E-state index is 12.5. The van der Waals surface area contributed by atoms with Crippen molar-refractivity contribution in [3.63, 3.8) is 0 Å². The monoisotopic (exact) mass is 382 g/mol. The van der Waals surface area contributed by atoms with Gasteiger partial charge >= 0.3 is 0 Å². The topological polar surface area (TPSA) is 49.7 Å².